The average Bonchev–Trinajstić information content (AvgIpc) is 2.65. The molecule has 0 saturated heterocycles. The van der Waals surface area contributed by atoms with Gasteiger partial charge in [0.25, 0.3) is 0 Å². The molecule has 1 aromatic carbocycles. The molecule has 0 unspecified atom stereocenters. The maximum Gasteiger partial charge on any atom is 0.132 e. The number of hydrogen-bond acceptors (Lipinski definition) is 2. The zero-order valence-corrected chi connectivity index (χ0v) is 8.28. The van der Waals surface area contributed by atoms with Gasteiger partial charge in [-0.3, -0.25) is 0 Å². The predicted molar refractivity (Wildman–Crippen MR) is 56.5 cm³/mol. The first-order valence-electron chi connectivity index (χ1n) is 4.30. The van der Waals surface area contributed by atoms with Crippen LogP contribution in [0.2, 0.25) is 5.15 Å². The van der Waals surface area contributed by atoms with Crippen molar-refractivity contribution in [3.8, 4) is 5.69 Å². The molecular formula is C10H10ClN3. The summed E-state index contributed by atoms with van der Waals surface area (Å²) in [6.07, 6.45) is 1.67. The van der Waals surface area contributed by atoms with Gasteiger partial charge in [0.1, 0.15) is 5.15 Å². The molecule has 3 nitrogen and oxygen atoms in total. The number of benzene rings is 1. The molecular weight excluding hydrogens is 198 g/mol. The highest BCUT2D eigenvalue weighted by Gasteiger charge is 2.01. The smallest absolute Gasteiger partial charge is 0.132 e. The Hall–Kier alpha value is -1.32. The molecule has 0 bridgehead atoms. The van der Waals surface area contributed by atoms with E-state index in [1.165, 1.54) is 0 Å². The van der Waals surface area contributed by atoms with Crippen LogP contribution in [0.3, 0.4) is 0 Å². The Morgan fingerprint density at radius 1 is 1.21 bits per heavy atom. The van der Waals surface area contributed by atoms with Crippen LogP contribution in [0.1, 0.15) is 5.56 Å². The molecule has 0 aliphatic carbocycles. The van der Waals surface area contributed by atoms with Crippen LogP contribution < -0.4 is 5.73 Å². The minimum Gasteiger partial charge on any atom is -0.326 e. The van der Waals surface area contributed by atoms with Gasteiger partial charge in [0.05, 0.1) is 11.9 Å². The van der Waals surface area contributed by atoms with E-state index in [1.807, 2.05) is 24.3 Å². The maximum absolute atomic E-state index is 5.92. The van der Waals surface area contributed by atoms with Crippen molar-refractivity contribution in [1.29, 1.82) is 0 Å². The summed E-state index contributed by atoms with van der Waals surface area (Å²) in [5.41, 5.74) is 7.54. The van der Waals surface area contributed by atoms with Gasteiger partial charge in [0, 0.05) is 6.54 Å². The summed E-state index contributed by atoms with van der Waals surface area (Å²) in [5.74, 6) is 0. The summed E-state index contributed by atoms with van der Waals surface area (Å²) in [7, 11) is 0. The molecule has 2 rings (SSSR count). The summed E-state index contributed by atoms with van der Waals surface area (Å²) in [6.45, 7) is 0.549. The van der Waals surface area contributed by atoms with Crippen molar-refractivity contribution >= 4 is 11.6 Å². The number of hydrogen-bond donors (Lipinski definition) is 1. The van der Waals surface area contributed by atoms with Crippen molar-refractivity contribution in [3.63, 3.8) is 0 Å². The van der Waals surface area contributed by atoms with E-state index in [9.17, 15) is 0 Å². The first-order valence-corrected chi connectivity index (χ1v) is 4.68. The summed E-state index contributed by atoms with van der Waals surface area (Å²) < 4.78 is 1.67. The second-order valence-electron chi connectivity index (χ2n) is 2.94. The van der Waals surface area contributed by atoms with Gasteiger partial charge in [-0.25, -0.2) is 4.68 Å². The molecule has 0 amide bonds. The minimum absolute atomic E-state index is 0.549. The molecule has 1 aromatic heterocycles. The van der Waals surface area contributed by atoms with Crippen molar-refractivity contribution in [2.45, 2.75) is 6.54 Å². The lowest BCUT2D eigenvalue weighted by atomic mass is 10.2. The summed E-state index contributed by atoms with van der Waals surface area (Å²) in [5, 5.41) is 4.70. The quantitative estimate of drug-likeness (QED) is 0.819. The van der Waals surface area contributed by atoms with E-state index in [0.29, 0.717) is 11.7 Å². The van der Waals surface area contributed by atoms with Gasteiger partial charge < -0.3 is 5.73 Å². The Balaban J connectivity index is 2.39. The molecule has 4 heteroatoms. The van der Waals surface area contributed by atoms with Crippen LogP contribution in [-0.4, -0.2) is 9.78 Å². The highest BCUT2D eigenvalue weighted by atomic mass is 35.5. The van der Waals surface area contributed by atoms with Gasteiger partial charge in [0.2, 0.25) is 0 Å². The average molecular weight is 208 g/mol. The van der Waals surface area contributed by atoms with Crippen LogP contribution in [0.15, 0.2) is 36.5 Å². The van der Waals surface area contributed by atoms with E-state index in [2.05, 4.69) is 5.10 Å². The fraction of sp³-hybridized carbons (Fsp3) is 0.100. The normalized spacial score (nSPS) is 10.4. The molecule has 0 aliphatic heterocycles. The maximum atomic E-state index is 5.92. The third kappa shape index (κ3) is 1.64. The monoisotopic (exact) mass is 207 g/mol. The molecule has 0 radical (unpaired) electrons. The second-order valence-corrected chi connectivity index (χ2v) is 3.32. The third-order valence-electron chi connectivity index (χ3n) is 2.01. The van der Waals surface area contributed by atoms with Crippen molar-refractivity contribution in [3.05, 3.63) is 47.2 Å². The van der Waals surface area contributed by atoms with Gasteiger partial charge in [-0.05, 0) is 23.8 Å². The van der Waals surface area contributed by atoms with Crippen LogP contribution >= 0.6 is 11.6 Å². The SMILES string of the molecule is NCc1ccc(-n2nccc2Cl)cc1. The molecule has 2 aromatic rings. The van der Waals surface area contributed by atoms with Gasteiger partial charge in [-0.1, -0.05) is 23.7 Å². The van der Waals surface area contributed by atoms with Gasteiger partial charge >= 0.3 is 0 Å². The number of halogens is 1. The van der Waals surface area contributed by atoms with Gasteiger partial charge in [-0.15, -0.1) is 0 Å². The van der Waals surface area contributed by atoms with Crippen molar-refractivity contribution < 1.29 is 0 Å². The first-order chi connectivity index (χ1) is 6.81. The highest BCUT2D eigenvalue weighted by Crippen LogP contribution is 2.14. The largest absolute Gasteiger partial charge is 0.326 e. The lowest BCUT2D eigenvalue weighted by molar-refractivity contribution is 0.879. The number of nitrogens with two attached hydrogens (primary N) is 1. The summed E-state index contributed by atoms with van der Waals surface area (Å²) in [4.78, 5) is 0. The van der Waals surface area contributed by atoms with E-state index in [1.54, 1.807) is 16.9 Å². The highest BCUT2D eigenvalue weighted by molar-refractivity contribution is 6.29. The topological polar surface area (TPSA) is 43.8 Å². The lowest BCUT2D eigenvalue weighted by Gasteiger charge is -2.03. The molecule has 1 heterocycles. The van der Waals surface area contributed by atoms with Crippen molar-refractivity contribution in [2.75, 3.05) is 0 Å². The van der Waals surface area contributed by atoms with E-state index in [-0.39, 0.29) is 0 Å². The molecule has 2 N–H and O–H groups in total. The molecule has 14 heavy (non-hydrogen) atoms. The van der Waals surface area contributed by atoms with E-state index in [0.717, 1.165) is 11.3 Å². The molecule has 0 saturated carbocycles. The zero-order chi connectivity index (χ0) is 9.97. The molecule has 0 aliphatic rings. The molecule has 0 fully saturated rings. The fourth-order valence-electron chi connectivity index (χ4n) is 1.25. The van der Waals surface area contributed by atoms with E-state index in [4.69, 9.17) is 17.3 Å². The standard InChI is InChI=1S/C10H10ClN3/c11-10-5-6-13-14(10)9-3-1-8(7-12)2-4-9/h1-6H,7,12H2. The second kappa shape index (κ2) is 3.82. The Labute approximate surface area is 87.1 Å². The number of rotatable bonds is 2. The number of nitrogens with zero attached hydrogens (tertiary/aromatic N) is 2. The van der Waals surface area contributed by atoms with Crippen molar-refractivity contribution in [1.82, 2.24) is 9.78 Å². The van der Waals surface area contributed by atoms with E-state index < -0.39 is 0 Å². The molecule has 0 atom stereocenters. The lowest BCUT2D eigenvalue weighted by Crippen LogP contribution is -1.99. The third-order valence-corrected chi connectivity index (χ3v) is 2.30. The van der Waals surface area contributed by atoms with Crippen LogP contribution in [0, 0.1) is 0 Å². The van der Waals surface area contributed by atoms with Gasteiger partial charge in [-0.2, -0.15) is 5.10 Å². The predicted octanol–water partition coefficient (Wildman–Crippen LogP) is 1.98. The Kier molecular flexibility index (Phi) is 2.52. The van der Waals surface area contributed by atoms with Crippen LogP contribution in [0.4, 0.5) is 0 Å². The molecule has 72 valence electrons. The first kappa shape index (κ1) is 9.24. The number of aromatic nitrogens is 2. The van der Waals surface area contributed by atoms with Crippen LogP contribution in [0.25, 0.3) is 5.69 Å². The fourth-order valence-corrected chi connectivity index (χ4v) is 1.45. The Morgan fingerprint density at radius 2 is 1.93 bits per heavy atom. The summed E-state index contributed by atoms with van der Waals surface area (Å²) in [6, 6.07) is 9.57. The van der Waals surface area contributed by atoms with E-state index >= 15 is 0 Å². The van der Waals surface area contributed by atoms with Gasteiger partial charge in [0.15, 0.2) is 0 Å². The Bertz CT molecular complexity index is 419. The molecule has 0 spiro atoms. The minimum atomic E-state index is 0.549. The zero-order valence-electron chi connectivity index (χ0n) is 7.52. The Morgan fingerprint density at radius 3 is 2.43 bits per heavy atom. The van der Waals surface area contributed by atoms with Crippen LogP contribution in [0.5, 0.6) is 0 Å². The van der Waals surface area contributed by atoms with Crippen molar-refractivity contribution in [2.24, 2.45) is 5.73 Å². The summed E-state index contributed by atoms with van der Waals surface area (Å²) >= 11 is 5.92. The van der Waals surface area contributed by atoms with Crippen LogP contribution in [-0.2, 0) is 6.54 Å².